The summed E-state index contributed by atoms with van der Waals surface area (Å²) in [6.07, 6.45) is 3.47. The zero-order valence-corrected chi connectivity index (χ0v) is 15.7. The summed E-state index contributed by atoms with van der Waals surface area (Å²) in [7, 11) is 0. The van der Waals surface area contributed by atoms with Crippen LogP contribution in [0.2, 0.25) is 0 Å². The number of phenols is 1. The van der Waals surface area contributed by atoms with Gasteiger partial charge in [0.2, 0.25) is 0 Å². The molecule has 3 aromatic rings. The van der Waals surface area contributed by atoms with Crippen molar-refractivity contribution in [2.24, 2.45) is 0 Å². The van der Waals surface area contributed by atoms with Crippen molar-refractivity contribution in [3.63, 3.8) is 0 Å². The topological polar surface area (TPSA) is 86.2 Å². The zero-order valence-electron chi connectivity index (χ0n) is 12.6. The van der Waals surface area contributed by atoms with Crippen LogP contribution in [0.4, 0.5) is 0 Å². The first kappa shape index (κ1) is 17.3. The quantitative estimate of drug-likeness (QED) is 0.578. The van der Waals surface area contributed by atoms with Crippen LogP contribution in [-0.2, 0) is 0 Å². The second-order valence-corrected chi connectivity index (χ2v) is 6.95. The Balaban J connectivity index is 2.09. The number of hydrogen-bond acceptors (Lipinski definition) is 3. The van der Waals surface area contributed by atoms with Gasteiger partial charge in [-0.3, -0.25) is 0 Å². The molecular formula is C18H10Br2N2O3. The highest BCUT2D eigenvalue weighted by Gasteiger charge is 2.14. The second-order valence-electron chi connectivity index (χ2n) is 5.25. The summed E-state index contributed by atoms with van der Waals surface area (Å²) in [5.41, 5.74) is 2.86. The third-order valence-corrected chi connectivity index (χ3v) is 4.90. The monoisotopic (exact) mass is 460 g/mol. The Morgan fingerprint density at radius 2 is 1.68 bits per heavy atom. The normalized spacial score (nSPS) is 10.4. The van der Waals surface area contributed by atoms with Gasteiger partial charge in [0.1, 0.15) is 11.8 Å². The van der Waals surface area contributed by atoms with E-state index in [9.17, 15) is 15.2 Å². The molecule has 0 radical (unpaired) electrons. The molecule has 25 heavy (non-hydrogen) atoms. The van der Waals surface area contributed by atoms with Crippen LogP contribution in [0, 0.1) is 11.3 Å². The standard InChI is InChI=1S/C18H10Br2N2O3/c19-15-5-11(6-16(20)17(15)23)14-9-22(8-12(14)7-21)13-3-1-10(2-4-13)18(24)25/h1-6,8-9,23H,(H,24,25). The minimum absolute atomic E-state index is 0.0888. The van der Waals surface area contributed by atoms with Crippen molar-refractivity contribution in [1.29, 1.82) is 5.26 Å². The van der Waals surface area contributed by atoms with E-state index in [2.05, 4.69) is 37.9 Å². The predicted molar refractivity (Wildman–Crippen MR) is 99.9 cm³/mol. The number of nitriles is 1. The Morgan fingerprint density at radius 1 is 1.08 bits per heavy atom. The van der Waals surface area contributed by atoms with Crippen molar-refractivity contribution in [3.05, 3.63) is 68.9 Å². The third-order valence-electron chi connectivity index (χ3n) is 3.69. The van der Waals surface area contributed by atoms with Crippen LogP contribution in [0.3, 0.4) is 0 Å². The maximum absolute atomic E-state index is 11.0. The number of nitrogens with zero attached hydrogens (tertiary/aromatic N) is 2. The van der Waals surface area contributed by atoms with Gasteiger partial charge < -0.3 is 14.8 Å². The second kappa shape index (κ2) is 6.75. The molecular weight excluding hydrogens is 452 g/mol. The van der Waals surface area contributed by atoms with Crippen molar-refractivity contribution in [1.82, 2.24) is 4.57 Å². The van der Waals surface area contributed by atoms with Gasteiger partial charge in [0, 0.05) is 23.6 Å². The smallest absolute Gasteiger partial charge is 0.335 e. The summed E-state index contributed by atoms with van der Waals surface area (Å²) < 4.78 is 2.78. The number of carbonyl (C=O) groups is 1. The summed E-state index contributed by atoms with van der Waals surface area (Å²) in [5, 5.41) is 28.3. The van der Waals surface area contributed by atoms with Crippen molar-refractivity contribution >= 4 is 37.8 Å². The number of rotatable bonds is 3. The average molecular weight is 462 g/mol. The number of aromatic nitrogens is 1. The van der Waals surface area contributed by atoms with Crippen molar-refractivity contribution in [2.75, 3.05) is 0 Å². The van der Waals surface area contributed by atoms with Gasteiger partial charge in [-0.15, -0.1) is 0 Å². The number of benzene rings is 2. The Bertz CT molecular complexity index is 995. The number of carboxylic acids is 1. The van der Waals surface area contributed by atoms with Gasteiger partial charge in [-0.1, -0.05) is 0 Å². The molecule has 1 heterocycles. The molecule has 0 aliphatic rings. The fourth-order valence-electron chi connectivity index (χ4n) is 2.42. The van der Waals surface area contributed by atoms with Gasteiger partial charge in [-0.05, 0) is 73.8 Å². The highest BCUT2D eigenvalue weighted by atomic mass is 79.9. The van der Waals surface area contributed by atoms with Crippen molar-refractivity contribution < 1.29 is 15.0 Å². The molecule has 0 saturated carbocycles. The Labute approximate surface area is 160 Å². The van der Waals surface area contributed by atoms with E-state index in [1.165, 1.54) is 12.1 Å². The van der Waals surface area contributed by atoms with Crippen LogP contribution in [0.15, 0.2) is 57.7 Å². The van der Waals surface area contributed by atoms with Gasteiger partial charge in [0.15, 0.2) is 0 Å². The molecule has 1 aromatic heterocycles. The summed E-state index contributed by atoms with van der Waals surface area (Å²) in [6.45, 7) is 0. The number of aromatic carboxylic acids is 1. The molecule has 0 aliphatic carbocycles. The van der Waals surface area contributed by atoms with Crippen molar-refractivity contribution in [2.45, 2.75) is 0 Å². The highest BCUT2D eigenvalue weighted by Crippen LogP contribution is 2.38. The van der Waals surface area contributed by atoms with E-state index in [0.717, 1.165) is 11.3 Å². The number of halogens is 2. The molecule has 0 aliphatic heterocycles. The number of aromatic hydroxyl groups is 1. The van der Waals surface area contributed by atoms with Crippen LogP contribution in [0.5, 0.6) is 5.75 Å². The van der Waals surface area contributed by atoms with Crippen LogP contribution in [0.25, 0.3) is 16.8 Å². The predicted octanol–water partition coefficient (Wildman–Crippen LogP) is 4.94. The summed E-state index contributed by atoms with van der Waals surface area (Å²) >= 11 is 6.58. The molecule has 124 valence electrons. The fourth-order valence-corrected chi connectivity index (χ4v) is 3.61. The van der Waals surface area contributed by atoms with Crippen LogP contribution >= 0.6 is 31.9 Å². The van der Waals surface area contributed by atoms with Gasteiger partial charge in [0.05, 0.1) is 20.1 Å². The molecule has 0 saturated heterocycles. The maximum Gasteiger partial charge on any atom is 0.335 e. The van der Waals surface area contributed by atoms with E-state index in [0.29, 0.717) is 20.1 Å². The lowest BCUT2D eigenvalue weighted by Crippen LogP contribution is -1.97. The number of hydrogen-bond donors (Lipinski definition) is 2. The molecule has 0 atom stereocenters. The molecule has 2 N–H and O–H groups in total. The minimum atomic E-state index is -0.990. The number of phenolic OH excluding ortho intramolecular Hbond substituents is 1. The van der Waals surface area contributed by atoms with Crippen LogP contribution < -0.4 is 0 Å². The first-order chi connectivity index (χ1) is 11.9. The van der Waals surface area contributed by atoms with Crippen LogP contribution in [0.1, 0.15) is 15.9 Å². The molecule has 3 rings (SSSR count). The largest absolute Gasteiger partial charge is 0.506 e. The molecule has 2 aromatic carbocycles. The zero-order chi connectivity index (χ0) is 18.1. The Morgan fingerprint density at radius 3 is 2.20 bits per heavy atom. The average Bonchev–Trinajstić information content (AvgIpc) is 3.03. The van der Waals surface area contributed by atoms with Crippen molar-refractivity contribution in [3.8, 4) is 28.6 Å². The number of carboxylic acid groups (broad SMARTS) is 1. The lowest BCUT2D eigenvalue weighted by atomic mass is 10.1. The van der Waals surface area contributed by atoms with Gasteiger partial charge in [-0.2, -0.15) is 5.26 Å². The Hall–Kier alpha value is -2.56. The third kappa shape index (κ3) is 3.31. The molecule has 0 spiro atoms. The van der Waals surface area contributed by atoms with E-state index in [1.807, 2.05) is 0 Å². The van der Waals surface area contributed by atoms with Gasteiger partial charge >= 0.3 is 5.97 Å². The SMILES string of the molecule is N#Cc1cn(-c2ccc(C(=O)O)cc2)cc1-c1cc(Br)c(O)c(Br)c1. The molecule has 0 amide bonds. The van der Waals surface area contributed by atoms with Gasteiger partial charge in [0.25, 0.3) is 0 Å². The molecule has 0 fully saturated rings. The minimum Gasteiger partial charge on any atom is -0.506 e. The summed E-state index contributed by atoms with van der Waals surface area (Å²) in [6, 6.07) is 12.0. The summed E-state index contributed by atoms with van der Waals surface area (Å²) in [5.74, 6) is -0.901. The lowest BCUT2D eigenvalue weighted by Gasteiger charge is -2.05. The van der Waals surface area contributed by atoms with E-state index < -0.39 is 5.97 Å². The first-order valence-electron chi connectivity index (χ1n) is 7.05. The molecule has 0 bridgehead atoms. The molecule has 7 heteroatoms. The highest BCUT2D eigenvalue weighted by molar-refractivity contribution is 9.11. The molecule has 5 nitrogen and oxygen atoms in total. The Kier molecular flexibility index (Phi) is 4.66. The van der Waals surface area contributed by atoms with Gasteiger partial charge in [-0.25, -0.2) is 4.79 Å². The lowest BCUT2D eigenvalue weighted by molar-refractivity contribution is 0.0697. The van der Waals surface area contributed by atoms with E-state index in [-0.39, 0.29) is 11.3 Å². The maximum atomic E-state index is 11.0. The van der Waals surface area contributed by atoms with E-state index in [4.69, 9.17) is 5.11 Å². The van der Waals surface area contributed by atoms with E-state index >= 15 is 0 Å². The first-order valence-corrected chi connectivity index (χ1v) is 8.63. The van der Waals surface area contributed by atoms with E-state index in [1.54, 1.807) is 41.2 Å². The fraction of sp³-hybridized carbons (Fsp3) is 0. The molecule has 0 unspecified atom stereocenters. The summed E-state index contributed by atoms with van der Waals surface area (Å²) in [4.78, 5) is 11.0. The van der Waals surface area contributed by atoms with Crippen LogP contribution in [-0.4, -0.2) is 20.7 Å².